The predicted molar refractivity (Wildman–Crippen MR) is 47.8 cm³/mol. The van der Waals surface area contributed by atoms with E-state index in [-0.39, 0.29) is 0 Å². The fraction of sp³-hybridized carbons (Fsp3) is 0.333. The molecular weight excluding hydrogens is 236 g/mol. The molecule has 68 valence electrons. The number of nitrogens with zero attached hydrogens (tertiary/aromatic N) is 6. The first kappa shape index (κ1) is 8.36. The molecular formula is C6H7BrN6. The van der Waals surface area contributed by atoms with Gasteiger partial charge in [-0.15, -0.1) is 10.2 Å². The number of tetrazole rings is 1. The zero-order valence-electron chi connectivity index (χ0n) is 6.92. The van der Waals surface area contributed by atoms with Crippen molar-refractivity contribution in [1.82, 2.24) is 30.0 Å². The Morgan fingerprint density at radius 1 is 1.54 bits per heavy atom. The Labute approximate surface area is 82.7 Å². The van der Waals surface area contributed by atoms with Gasteiger partial charge in [-0.05, 0) is 21.1 Å². The van der Waals surface area contributed by atoms with Gasteiger partial charge < -0.3 is 0 Å². The lowest BCUT2D eigenvalue weighted by Crippen LogP contribution is -2.02. The molecule has 13 heavy (non-hydrogen) atoms. The molecule has 0 radical (unpaired) electrons. The number of aromatic nitrogens is 6. The van der Waals surface area contributed by atoms with Gasteiger partial charge in [0.05, 0.1) is 17.7 Å². The van der Waals surface area contributed by atoms with E-state index in [2.05, 4.69) is 36.4 Å². The van der Waals surface area contributed by atoms with Crippen LogP contribution in [0.3, 0.4) is 0 Å². The van der Waals surface area contributed by atoms with Crippen molar-refractivity contribution in [3.8, 4) is 0 Å². The fourth-order valence-electron chi connectivity index (χ4n) is 0.956. The minimum Gasteiger partial charge on any atom is -0.264 e. The van der Waals surface area contributed by atoms with Crippen LogP contribution >= 0.6 is 15.9 Å². The van der Waals surface area contributed by atoms with E-state index in [1.807, 2.05) is 6.20 Å². The number of halogens is 1. The Hall–Kier alpha value is -1.24. The second-order valence-corrected chi connectivity index (χ2v) is 3.47. The Balaban J connectivity index is 2.14. The summed E-state index contributed by atoms with van der Waals surface area (Å²) in [6.45, 7) is 0.541. The first-order valence-electron chi connectivity index (χ1n) is 3.65. The number of hydrogen-bond donors (Lipinski definition) is 0. The van der Waals surface area contributed by atoms with Crippen LogP contribution in [0.25, 0.3) is 0 Å². The summed E-state index contributed by atoms with van der Waals surface area (Å²) in [5.74, 6) is 0.651. The molecule has 0 atom stereocenters. The van der Waals surface area contributed by atoms with Gasteiger partial charge in [-0.25, -0.2) is 0 Å². The fourth-order valence-corrected chi connectivity index (χ4v) is 1.28. The predicted octanol–water partition coefficient (Wildman–Crippen LogP) is 0.217. The van der Waals surface area contributed by atoms with E-state index in [9.17, 15) is 0 Å². The maximum Gasteiger partial charge on any atom is 0.196 e. The topological polar surface area (TPSA) is 61.4 Å². The molecule has 0 aromatic carbocycles. The quantitative estimate of drug-likeness (QED) is 0.756. The molecule has 0 saturated heterocycles. The normalized spacial score (nSPS) is 10.6. The summed E-state index contributed by atoms with van der Waals surface area (Å²) in [6.07, 6.45) is 3.58. The summed E-state index contributed by atoms with van der Waals surface area (Å²) in [5.41, 5.74) is 0. The third-order valence-electron chi connectivity index (χ3n) is 1.45. The average molecular weight is 243 g/mol. The Kier molecular flexibility index (Phi) is 2.09. The van der Waals surface area contributed by atoms with Crippen LogP contribution in [0.1, 0.15) is 5.82 Å². The second kappa shape index (κ2) is 3.25. The van der Waals surface area contributed by atoms with Crippen LogP contribution in [0.2, 0.25) is 0 Å². The molecule has 6 nitrogen and oxygen atoms in total. The summed E-state index contributed by atoms with van der Waals surface area (Å²) in [5, 5.41) is 15.7. The molecule has 0 fully saturated rings. The number of aryl methyl sites for hydroxylation is 1. The summed E-state index contributed by atoms with van der Waals surface area (Å²) >= 11 is 3.31. The van der Waals surface area contributed by atoms with E-state index >= 15 is 0 Å². The molecule has 0 aliphatic carbocycles. The van der Waals surface area contributed by atoms with Gasteiger partial charge in [-0.1, -0.05) is 0 Å². The van der Waals surface area contributed by atoms with Crippen LogP contribution in [0, 0.1) is 0 Å². The average Bonchev–Trinajstić information content (AvgIpc) is 2.62. The Morgan fingerprint density at radius 3 is 2.92 bits per heavy atom. The van der Waals surface area contributed by atoms with Crippen molar-refractivity contribution >= 4 is 15.9 Å². The van der Waals surface area contributed by atoms with Gasteiger partial charge in [0.25, 0.3) is 0 Å². The smallest absolute Gasteiger partial charge is 0.196 e. The molecule has 7 heteroatoms. The van der Waals surface area contributed by atoms with Gasteiger partial charge in [-0.3, -0.25) is 4.68 Å². The van der Waals surface area contributed by atoms with Crippen molar-refractivity contribution in [2.75, 3.05) is 0 Å². The monoisotopic (exact) mass is 242 g/mol. The van der Waals surface area contributed by atoms with Crippen LogP contribution in [-0.2, 0) is 13.6 Å². The molecule has 0 unspecified atom stereocenters. The molecule has 0 aliphatic heterocycles. The molecule has 0 spiro atoms. The van der Waals surface area contributed by atoms with Crippen molar-refractivity contribution < 1.29 is 0 Å². The SMILES string of the molecule is Cn1nnc(Cn2cc(Br)cn2)n1. The van der Waals surface area contributed by atoms with Crippen LogP contribution in [0.5, 0.6) is 0 Å². The third-order valence-corrected chi connectivity index (χ3v) is 1.86. The van der Waals surface area contributed by atoms with Gasteiger partial charge >= 0.3 is 0 Å². The first-order valence-corrected chi connectivity index (χ1v) is 4.44. The summed E-state index contributed by atoms with van der Waals surface area (Å²) in [6, 6.07) is 0. The molecule has 2 aromatic heterocycles. The molecule has 0 aliphatic rings. The third kappa shape index (κ3) is 1.92. The van der Waals surface area contributed by atoms with E-state index in [4.69, 9.17) is 0 Å². The number of hydrogen-bond acceptors (Lipinski definition) is 4. The molecule has 2 aromatic rings. The van der Waals surface area contributed by atoms with Crippen molar-refractivity contribution in [2.24, 2.45) is 7.05 Å². The highest BCUT2D eigenvalue weighted by Crippen LogP contribution is 2.06. The summed E-state index contributed by atoms with van der Waals surface area (Å²) in [4.78, 5) is 1.42. The van der Waals surface area contributed by atoms with Crippen molar-refractivity contribution in [1.29, 1.82) is 0 Å². The van der Waals surface area contributed by atoms with Crippen LogP contribution in [-0.4, -0.2) is 30.0 Å². The van der Waals surface area contributed by atoms with E-state index in [1.54, 1.807) is 17.9 Å². The van der Waals surface area contributed by atoms with E-state index in [0.29, 0.717) is 12.4 Å². The molecule has 2 heterocycles. The Morgan fingerprint density at radius 2 is 2.38 bits per heavy atom. The van der Waals surface area contributed by atoms with Gasteiger partial charge in [0, 0.05) is 6.20 Å². The van der Waals surface area contributed by atoms with Gasteiger partial charge in [0.1, 0.15) is 6.54 Å². The minimum atomic E-state index is 0.541. The number of rotatable bonds is 2. The van der Waals surface area contributed by atoms with Crippen molar-refractivity contribution in [2.45, 2.75) is 6.54 Å². The van der Waals surface area contributed by atoms with Crippen molar-refractivity contribution in [3.05, 3.63) is 22.7 Å². The molecule has 2 rings (SSSR count). The maximum atomic E-state index is 4.07. The molecule has 0 saturated carbocycles. The lowest BCUT2D eigenvalue weighted by atomic mass is 10.6. The van der Waals surface area contributed by atoms with Gasteiger partial charge in [0.2, 0.25) is 0 Å². The van der Waals surface area contributed by atoms with Crippen molar-refractivity contribution in [3.63, 3.8) is 0 Å². The standard InChI is InChI=1S/C6H7BrN6/c1-12-10-6(9-11-12)4-13-3-5(7)2-8-13/h2-3H,4H2,1H3. The molecule has 0 amide bonds. The molecule has 0 bridgehead atoms. The largest absolute Gasteiger partial charge is 0.264 e. The summed E-state index contributed by atoms with van der Waals surface area (Å²) in [7, 11) is 1.73. The maximum absolute atomic E-state index is 4.07. The van der Waals surface area contributed by atoms with E-state index in [1.165, 1.54) is 4.80 Å². The van der Waals surface area contributed by atoms with Crippen LogP contribution < -0.4 is 0 Å². The lowest BCUT2D eigenvalue weighted by molar-refractivity contribution is 0.617. The first-order chi connectivity index (χ1) is 6.24. The highest BCUT2D eigenvalue weighted by Gasteiger charge is 2.02. The lowest BCUT2D eigenvalue weighted by Gasteiger charge is -1.93. The second-order valence-electron chi connectivity index (χ2n) is 2.55. The zero-order chi connectivity index (χ0) is 9.26. The van der Waals surface area contributed by atoms with Gasteiger partial charge in [0.15, 0.2) is 5.82 Å². The van der Waals surface area contributed by atoms with Gasteiger partial charge in [-0.2, -0.15) is 9.90 Å². The van der Waals surface area contributed by atoms with Crippen LogP contribution in [0.4, 0.5) is 0 Å². The highest BCUT2D eigenvalue weighted by atomic mass is 79.9. The zero-order valence-corrected chi connectivity index (χ0v) is 8.51. The summed E-state index contributed by atoms with van der Waals surface area (Å²) < 4.78 is 2.68. The van der Waals surface area contributed by atoms with Crippen LogP contribution in [0.15, 0.2) is 16.9 Å². The highest BCUT2D eigenvalue weighted by molar-refractivity contribution is 9.10. The van der Waals surface area contributed by atoms with E-state index in [0.717, 1.165) is 4.47 Å². The molecule has 0 N–H and O–H groups in total. The Bertz CT molecular complexity index is 366. The minimum absolute atomic E-state index is 0.541. The van der Waals surface area contributed by atoms with E-state index < -0.39 is 0 Å².